The van der Waals surface area contributed by atoms with Crippen LogP contribution >= 0.6 is 15.9 Å². The lowest BCUT2D eigenvalue weighted by Gasteiger charge is -2.19. The second-order valence-electron chi connectivity index (χ2n) is 5.04. The van der Waals surface area contributed by atoms with Gasteiger partial charge in [-0.2, -0.15) is 5.10 Å². The predicted molar refractivity (Wildman–Crippen MR) is 86.9 cm³/mol. The quantitative estimate of drug-likeness (QED) is 0.862. The lowest BCUT2D eigenvalue weighted by molar-refractivity contribution is 0.594. The van der Waals surface area contributed by atoms with Crippen LogP contribution in [0.5, 0.6) is 0 Å². The molecule has 1 unspecified atom stereocenters. The fourth-order valence-electron chi connectivity index (χ4n) is 2.28. The number of hydrogen-bond donors (Lipinski definition) is 1. The van der Waals surface area contributed by atoms with Crippen molar-refractivity contribution in [2.75, 3.05) is 6.54 Å². The van der Waals surface area contributed by atoms with Crippen molar-refractivity contribution in [3.05, 3.63) is 51.8 Å². The zero-order valence-corrected chi connectivity index (χ0v) is 13.9. The van der Waals surface area contributed by atoms with Crippen molar-refractivity contribution in [3.63, 3.8) is 0 Å². The van der Waals surface area contributed by atoms with Crippen LogP contribution in [0.25, 0.3) is 0 Å². The van der Waals surface area contributed by atoms with Crippen LogP contribution in [0.3, 0.4) is 0 Å². The first-order chi connectivity index (χ1) is 9.65. The summed E-state index contributed by atoms with van der Waals surface area (Å²) in [6.07, 6.45) is 5.20. The van der Waals surface area contributed by atoms with Crippen LogP contribution in [0.1, 0.15) is 43.0 Å². The molecule has 1 heterocycles. The Kier molecular flexibility index (Phi) is 5.38. The molecule has 2 aromatic rings. The molecule has 0 aliphatic carbocycles. The van der Waals surface area contributed by atoms with E-state index in [1.807, 2.05) is 10.9 Å². The summed E-state index contributed by atoms with van der Waals surface area (Å²) in [4.78, 5) is 0. The van der Waals surface area contributed by atoms with Gasteiger partial charge in [0.05, 0.1) is 12.2 Å². The minimum atomic E-state index is 0.185. The van der Waals surface area contributed by atoms with Gasteiger partial charge in [-0.1, -0.05) is 40.5 Å². The van der Waals surface area contributed by atoms with Crippen molar-refractivity contribution < 1.29 is 0 Å². The van der Waals surface area contributed by atoms with Gasteiger partial charge in [0.25, 0.3) is 0 Å². The first-order valence-corrected chi connectivity index (χ1v) is 7.96. The Labute approximate surface area is 129 Å². The zero-order valence-electron chi connectivity index (χ0n) is 12.4. The normalized spacial score (nSPS) is 12.6. The maximum absolute atomic E-state index is 4.40. The van der Waals surface area contributed by atoms with Gasteiger partial charge in [-0.15, -0.1) is 0 Å². The highest BCUT2D eigenvalue weighted by Gasteiger charge is 2.18. The molecule has 0 aliphatic heterocycles. The third-order valence-electron chi connectivity index (χ3n) is 3.37. The number of benzene rings is 1. The van der Waals surface area contributed by atoms with E-state index < -0.39 is 0 Å². The summed E-state index contributed by atoms with van der Waals surface area (Å²) in [5.74, 6) is 0. The van der Waals surface area contributed by atoms with Crippen LogP contribution in [0.2, 0.25) is 0 Å². The average Bonchev–Trinajstić information content (AvgIpc) is 2.92. The van der Waals surface area contributed by atoms with Crippen LogP contribution in [0, 0.1) is 6.92 Å². The SMILES string of the molecule is CCCNC(c1cnn(CC)c1)c1cc(C)ccc1Br. The Balaban J connectivity index is 2.38. The van der Waals surface area contributed by atoms with Crippen LogP contribution in [0.15, 0.2) is 35.1 Å². The highest BCUT2D eigenvalue weighted by molar-refractivity contribution is 9.10. The number of hydrogen-bond acceptors (Lipinski definition) is 2. The van der Waals surface area contributed by atoms with Crippen molar-refractivity contribution in [1.29, 1.82) is 0 Å². The van der Waals surface area contributed by atoms with Crippen molar-refractivity contribution in [3.8, 4) is 0 Å². The van der Waals surface area contributed by atoms with E-state index in [9.17, 15) is 0 Å². The van der Waals surface area contributed by atoms with E-state index in [1.54, 1.807) is 0 Å². The number of halogens is 1. The summed E-state index contributed by atoms with van der Waals surface area (Å²) in [5, 5.41) is 8.03. The van der Waals surface area contributed by atoms with Crippen LogP contribution in [-0.2, 0) is 6.54 Å². The van der Waals surface area contributed by atoms with Gasteiger partial charge in [0.2, 0.25) is 0 Å². The molecular formula is C16H22BrN3. The Hall–Kier alpha value is -1.13. The fraction of sp³-hybridized carbons (Fsp3) is 0.438. The minimum absolute atomic E-state index is 0.185. The third-order valence-corrected chi connectivity index (χ3v) is 4.09. The Morgan fingerprint density at radius 3 is 2.80 bits per heavy atom. The largest absolute Gasteiger partial charge is 0.306 e. The molecule has 0 spiro atoms. The summed E-state index contributed by atoms with van der Waals surface area (Å²) >= 11 is 3.68. The first-order valence-electron chi connectivity index (χ1n) is 7.17. The lowest BCUT2D eigenvalue weighted by Crippen LogP contribution is -2.23. The molecule has 1 aromatic carbocycles. The third kappa shape index (κ3) is 3.49. The van der Waals surface area contributed by atoms with Crippen LogP contribution < -0.4 is 5.32 Å². The predicted octanol–water partition coefficient (Wildman–Crippen LogP) is 4.06. The van der Waals surface area contributed by atoms with E-state index in [0.717, 1.165) is 24.0 Å². The number of nitrogens with zero attached hydrogens (tertiary/aromatic N) is 2. The van der Waals surface area contributed by atoms with Gasteiger partial charge in [-0.25, -0.2) is 0 Å². The molecule has 0 fully saturated rings. The molecule has 1 aromatic heterocycles. The van der Waals surface area contributed by atoms with Gasteiger partial charge in [-0.3, -0.25) is 4.68 Å². The van der Waals surface area contributed by atoms with Crippen LogP contribution in [0.4, 0.5) is 0 Å². The molecule has 20 heavy (non-hydrogen) atoms. The maximum atomic E-state index is 4.40. The molecule has 0 radical (unpaired) electrons. The van der Waals surface area contributed by atoms with Gasteiger partial charge in [0.15, 0.2) is 0 Å². The second-order valence-corrected chi connectivity index (χ2v) is 5.90. The highest BCUT2D eigenvalue weighted by atomic mass is 79.9. The second kappa shape index (κ2) is 7.04. The molecule has 3 nitrogen and oxygen atoms in total. The standard InChI is InChI=1S/C16H22BrN3/c1-4-8-18-16(13-10-19-20(5-2)11-13)14-9-12(3)6-7-15(14)17/h6-7,9-11,16,18H,4-5,8H2,1-3H3. The average molecular weight is 336 g/mol. The van der Waals surface area contributed by atoms with Crippen molar-refractivity contribution in [2.24, 2.45) is 0 Å². The van der Waals surface area contributed by atoms with Gasteiger partial charge in [-0.05, 0) is 38.4 Å². The fourth-order valence-corrected chi connectivity index (χ4v) is 2.76. The summed E-state index contributed by atoms with van der Waals surface area (Å²) in [5.41, 5.74) is 3.76. The molecule has 0 saturated heterocycles. The molecule has 0 bridgehead atoms. The summed E-state index contributed by atoms with van der Waals surface area (Å²) < 4.78 is 3.11. The molecule has 1 N–H and O–H groups in total. The van der Waals surface area contributed by atoms with Crippen molar-refractivity contribution in [1.82, 2.24) is 15.1 Å². The smallest absolute Gasteiger partial charge is 0.0619 e. The van der Waals surface area contributed by atoms with Crippen LogP contribution in [-0.4, -0.2) is 16.3 Å². The Morgan fingerprint density at radius 1 is 1.35 bits per heavy atom. The van der Waals surface area contributed by atoms with E-state index in [-0.39, 0.29) is 6.04 Å². The monoisotopic (exact) mass is 335 g/mol. The first kappa shape index (κ1) is 15.3. The lowest BCUT2D eigenvalue weighted by atomic mass is 9.99. The highest BCUT2D eigenvalue weighted by Crippen LogP contribution is 2.29. The van der Waals surface area contributed by atoms with E-state index in [4.69, 9.17) is 0 Å². The number of aryl methyl sites for hydroxylation is 2. The number of aromatic nitrogens is 2. The molecule has 0 amide bonds. The summed E-state index contributed by atoms with van der Waals surface area (Å²) in [6.45, 7) is 8.30. The molecule has 0 aliphatic rings. The summed E-state index contributed by atoms with van der Waals surface area (Å²) in [7, 11) is 0. The van der Waals surface area contributed by atoms with E-state index in [2.05, 4.69) is 71.5 Å². The maximum Gasteiger partial charge on any atom is 0.0619 e. The van der Waals surface area contributed by atoms with Gasteiger partial charge < -0.3 is 5.32 Å². The number of rotatable bonds is 6. The van der Waals surface area contributed by atoms with E-state index in [1.165, 1.54) is 16.7 Å². The molecule has 2 rings (SSSR count). The van der Waals surface area contributed by atoms with Gasteiger partial charge >= 0.3 is 0 Å². The van der Waals surface area contributed by atoms with E-state index in [0.29, 0.717) is 0 Å². The topological polar surface area (TPSA) is 29.9 Å². The van der Waals surface area contributed by atoms with Gasteiger partial charge in [0.1, 0.15) is 0 Å². The molecular weight excluding hydrogens is 314 g/mol. The zero-order chi connectivity index (χ0) is 14.5. The summed E-state index contributed by atoms with van der Waals surface area (Å²) in [6, 6.07) is 6.67. The van der Waals surface area contributed by atoms with Crippen molar-refractivity contribution in [2.45, 2.75) is 39.8 Å². The Bertz CT molecular complexity index is 563. The minimum Gasteiger partial charge on any atom is -0.306 e. The van der Waals surface area contributed by atoms with Gasteiger partial charge in [0, 0.05) is 22.8 Å². The van der Waals surface area contributed by atoms with Crippen molar-refractivity contribution >= 4 is 15.9 Å². The Morgan fingerprint density at radius 2 is 2.15 bits per heavy atom. The molecule has 1 atom stereocenters. The molecule has 0 saturated carbocycles. The number of nitrogens with one attached hydrogen (secondary N) is 1. The molecule has 108 valence electrons. The van der Waals surface area contributed by atoms with E-state index >= 15 is 0 Å². The molecule has 4 heteroatoms.